The minimum atomic E-state index is -1.19. The molecule has 3 heterocycles. The van der Waals surface area contributed by atoms with Gasteiger partial charge in [-0.05, 0) is 45.2 Å². The molecule has 7 heteroatoms. The van der Waals surface area contributed by atoms with E-state index in [-0.39, 0.29) is 23.6 Å². The fraction of sp³-hybridized carbons (Fsp3) is 0.667. The molecule has 1 amide bonds. The van der Waals surface area contributed by atoms with Gasteiger partial charge in [0.2, 0.25) is 0 Å². The first-order valence-corrected chi connectivity index (χ1v) is 8.68. The van der Waals surface area contributed by atoms with Gasteiger partial charge in [0.1, 0.15) is 11.7 Å². The largest absolute Gasteiger partial charge is 0.388 e. The Morgan fingerprint density at radius 3 is 2.56 bits per heavy atom. The number of nitrogens with zero attached hydrogens (tertiary/aromatic N) is 1. The van der Waals surface area contributed by atoms with E-state index in [1.165, 1.54) is 0 Å². The highest BCUT2D eigenvalue weighted by atomic mass is 16.5. The Labute approximate surface area is 146 Å². The molecule has 0 bridgehead atoms. The van der Waals surface area contributed by atoms with E-state index >= 15 is 0 Å². The lowest BCUT2D eigenvalue weighted by atomic mass is 9.76. The van der Waals surface area contributed by atoms with Crippen LogP contribution < -0.4 is 5.56 Å². The number of aromatic amines is 1. The predicted molar refractivity (Wildman–Crippen MR) is 91.6 cm³/mol. The average Bonchev–Trinajstić information content (AvgIpc) is 2.50. The Morgan fingerprint density at radius 2 is 2.00 bits per heavy atom. The van der Waals surface area contributed by atoms with Crippen molar-refractivity contribution in [2.75, 3.05) is 19.7 Å². The van der Waals surface area contributed by atoms with Crippen LogP contribution in [-0.2, 0) is 4.74 Å². The molecule has 3 N–H and O–H groups in total. The molecule has 2 aliphatic rings. The SMILES string of the molecule is Cc1cc(C)c(C(=O)N2CCC3(CC2)C[C@](C)(O)[C@@H](O)CO3)c(=O)[nH]1. The Hall–Kier alpha value is -1.70. The minimum absolute atomic E-state index is 0.0949. The maximum Gasteiger partial charge on any atom is 0.261 e. The van der Waals surface area contributed by atoms with Crippen molar-refractivity contribution < 1.29 is 19.7 Å². The van der Waals surface area contributed by atoms with Crippen LogP contribution in [0.2, 0.25) is 0 Å². The Kier molecular flexibility index (Phi) is 4.51. The van der Waals surface area contributed by atoms with E-state index in [0.29, 0.717) is 37.9 Å². The van der Waals surface area contributed by atoms with Gasteiger partial charge in [-0.15, -0.1) is 0 Å². The fourth-order valence-corrected chi connectivity index (χ4v) is 3.97. The molecule has 0 aliphatic carbocycles. The number of likely N-dealkylation sites (tertiary alicyclic amines) is 1. The van der Waals surface area contributed by atoms with Crippen LogP contribution >= 0.6 is 0 Å². The molecule has 2 fully saturated rings. The smallest absolute Gasteiger partial charge is 0.261 e. The van der Waals surface area contributed by atoms with Gasteiger partial charge in [0.25, 0.3) is 11.5 Å². The number of hydrogen-bond acceptors (Lipinski definition) is 5. The summed E-state index contributed by atoms with van der Waals surface area (Å²) in [7, 11) is 0. The van der Waals surface area contributed by atoms with E-state index in [2.05, 4.69) is 4.98 Å². The summed E-state index contributed by atoms with van der Waals surface area (Å²) < 4.78 is 5.84. The molecule has 2 aliphatic heterocycles. The second-order valence-corrected chi connectivity index (χ2v) is 7.68. The summed E-state index contributed by atoms with van der Waals surface area (Å²) in [6.07, 6.45) is 0.592. The number of aliphatic hydroxyl groups excluding tert-OH is 1. The number of piperidine rings is 1. The number of carbonyl (C=O) groups is 1. The molecule has 25 heavy (non-hydrogen) atoms. The summed E-state index contributed by atoms with van der Waals surface area (Å²) in [6.45, 7) is 6.18. The van der Waals surface area contributed by atoms with Gasteiger partial charge in [0.05, 0.1) is 17.8 Å². The Morgan fingerprint density at radius 1 is 1.36 bits per heavy atom. The van der Waals surface area contributed by atoms with E-state index in [9.17, 15) is 19.8 Å². The molecule has 3 rings (SSSR count). The number of aryl methyl sites for hydroxylation is 2. The van der Waals surface area contributed by atoms with E-state index in [0.717, 1.165) is 5.69 Å². The van der Waals surface area contributed by atoms with E-state index in [4.69, 9.17) is 4.74 Å². The number of carbonyl (C=O) groups excluding carboxylic acids is 1. The molecule has 0 aromatic carbocycles. The van der Waals surface area contributed by atoms with Gasteiger partial charge in [-0.3, -0.25) is 9.59 Å². The summed E-state index contributed by atoms with van der Waals surface area (Å²) in [6, 6.07) is 1.79. The van der Waals surface area contributed by atoms with Gasteiger partial charge < -0.3 is 24.8 Å². The van der Waals surface area contributed by atoms with E-state index in [1.807, 2.05) is 0 Å². The van der Waals surface area contributed by atoms with Crippen LogP contribution in [0.4, 0.5) is 0 Å². The third-order valence-corrected chi connectivity index (χ3v) is 5.49. The number of aliphatic hydroxyl groups is 2. The second-order valence-electron chi connectivity index (χ2n) is 7.68. The molecule has 0 radical (unpaired) electrons. The van der Waals surface area contributed by atoms with Crippen molar-refractivity contribution in [1.29, 1.82) is 0 Å². The van der Waals surface area contributed by atoms with E-state index in [1.54, 1.807) is 31.7 Å². The Balaban J connectivity index is 1.73. The van der Waals surface area contributed by atoms with Gasteiger partial charge in [0.15, 0.2) is 0 Å². The van der Waals surface area contributed by atoms with Crippen molar-refractivity contribution in [1.82, 2.24) is 9.88 Å². The molecule has 2 saturated heterocycles. The summed E-state index contributed by atoms with van der Waals surface area (Å²) in [5.74, 6) is -0.267. The highest BCUT2D eigenvalue weighted by Gasteiger charge is 2.49. The predicted octanol–water partition coefficient (Wildman–Crippen LogP) is 0.499. The standard InChI is InChI=1S/C18H26N2O5/c1-11-8-12(2)19-15(22)14(11)16(23)20-6-4-18(5-7-20)10-17(3,24)13(21)9-25-18/h8,13,21,24H,4-7,9-10H2,1-3H3,(H,19,22)/t13-,17-/m0/s1. The monoisotopic (exact) mass is 350 g/mol. The number of aromatic nitrogens is 1. The highest BCUT2D eigenvalue weighted by molar-refractivity contribution is 5.95. The first kappa shape index (κ1) is 18.1. The highest BCUT2D eigenvalue weighted by Crippen LogP contribution is 2.39. The van der Waals surface area contributed by atoms with Crippen LogP contribution in [0.15, 0.2) is 10.9 Å². The van der Waals surface area contributed by atoms with Gasteiger partial charge in [0, 0.05) is 25.2 Å². The summed E-state index contributed by atoms with van der Waals surface area (Å²) in [5.41, 5.74) is -0.473. The zero-order valence-corrected chi connectivity index (χ0v) is 15.0. The zero-order chi connectivity index (χ0) is 18.4. The number of amides is 1. The zero-order valence-electron chi connectivity index (χ0n) is 15.0. The molecular weight excluding hydrogens is 324 g/mol. The van der Waals surface area contributed by atoms with Crippen molar-refractivity contribution >= 4 is 5.91 Å². The lowest BCUT2D eigenvalue weighted by Gasteiger charge is -2.49. The number of ether oxygens (including phenoxy) is 1. The summed E-state index contributed by atoms with van der Waals surface area (Å²) >= 11 is 0. The minimum Gasteiger partial charge on any atom is -0.388 e. The fourth-order valence-electron chi connectivity index (χ4n) is 3.97. The first-order chi connectivity index (χ1) is 11.6. The van der Waals surface area contributed by atoms with Crippen molar-refractivity contribution in [3.63, 3.8) is 0 Å². The molecular formula is C18H26N2O5. The van der Waals surface area contributed by atoms with Gasteiger partial charge in [-0.2, -0.15) is 0 Å². The number of pyridine rings is 1. The van der Waals surface area contributed by atoms with Crippen LogP contribution in [0.5, 0.6) is 0 Å². The van der Waals surface area contributed by atoms with Gasteiger partial charge in [-0.25, -0.2) is 0 Å². The number of rotatable bonds is 1. The van der Waals surface area contributed by atoms with Crippen molar-refractivity contribution in [2.24, 2.45) is 0 Å². The van der Waals surface area contributed by atoms with Crippen LogP contribution in [0.3, 0.4) is 0 Å². The first-order valence-electron chi connectivity index (χ1n) is 8.68. The molecule has 1 spiro atoms. The summed E-state index contributed by atoms with van der Waals surface area (Å²) in [5, 5.41) is 20.2. The third kappa shape index (κ3) is 3.36. The molecule has 138 valence electrons. The molecule has 1 aromatic rings. The van der Waals surface area contributed by atoms with Crippen molar-refractivity contribution in [2.45, 2.75) is 57.3 Å². The number of nitrogens with one attached hydrogen (secondary N) is 1. The molecule has 2 atom stereocenters. The number of hydrogen-bond donors (Lipinski definition) is 3. The quantitative estimate of drug-likeness (QED) is 0.684. The topological polar surface area (TPSA) is 103 Å². The van der Waals surface area contributed by atoms with Crippen LogP contribution in [0, 0.1) is 13.8 Å². The second kappa shape index (κ2) is 6.23. The molecule has 1 aromatic heterocycles. The van der Waals surface area contributed by atoms with Crippen LogP contribution in [0.25, 0.3) is 0 Å². The van der Waals surface area contributed by atoms with E-state index < -0.39 is 17.3 Å². The summed E-state index contributed by atoms with van der Waals surface area (Å²) in [4.78, 5) is 29.3. The maximum absolute atomic E-state index is 12.8. The third-order valence-electron chi connectivity index (χ3n) is 5.49. The normalized spacial score (nSPS) is 29.0. The van der Waals surface area contributed by atoms with Crippen molar-refractivity contribution in [3.8, 4) is 0 Å². The molecule has 0 unspecified atom stereocenters. The average molecular weight is 350 g/mol. The van der Waals surface area contributed by atoms with Gasteiger partial charge in [-0.1, -0.05) is 0 Å². The van der Waals surface area contributed by atoms with Gasteiger partial charge >= 0.3 is 0 Å². The van der Waals surface area contributed by atoms with Crippen molar-refractivity contribution in [3.05, 3.63) is 33.2 Å². The maximum atomic E-state index is 12.8. The number of H-pyrrole nitrogens is 1. The molecule has 0 saturated carbocycles. The van der Waals surface area contributed by atoms with Crippen LogP contribution in [0.1, 0.15) is 47.8 Å². The molecule has 7 nitrogen and oxygen atoms in total. The van der Waals surface area contributed by atoms with Crippen LogP contribution in [-0.4, -0.2) is 63.0 Å². The lowest BCUT2D eigenvalue weighted by molar-refractivity contribution is -0.221. The Bertz CT molecular complexity index is 731. The lowest BCUT2D eigenvalue weighted by Crippen LogP contribution is -2.59.